The van der Waals surface area contributed by atoms with Crippen LogP contribution in [0.3, 0.4) is 0 Å². The maximum atomic E-state index is 13.1. The first-order chi connectivity index (χ1) is 11.5. The highest BCUT2D eigenvalue weighted by molar-refractivity contribution is 5.93. The van der Waals surface area contributed by atoms with Crippen molar-refractivity contribution in [3.63, 3.8) is 0 Å². The molecule has 0 radical (unpaired) electrons. The van der Waals surface area contributed by atoms with Crippen LogP contribution in [-0.2, 0) is 4.79 Å². The number of piperidine rings is 1. The zero-order valence-electron chi connectivity index (χ0n) is 14.6. The summed E-state index contributed by atoms with van der Waals surface area (Å²) in [7, 11) is 0. The van der Waals surface area contributed by atoms with Gasteiger partial charge in [-0.2, -0.15) is 0 Å². The van der Waals surface area contributed by atoms with Gasteiger partial charge in [0.25, 0.3) is 0 Å². The van der Waals surface area contributed by atoms with Crippen LogP contribution < -0.4 is 5.32 Å². The Labute approximate surface area is 142 Å². The van der Waals surface area contributed by atoms with E-state index in [1.807, 2.05) is 18.7 Å². The number of hydrogen-bond donors (Lipinski definition) is 1. The van der Waals surface area contributed by atoms with Gasteiger partial charge in [0, 0.05) is 37.8 Å². The molecule has 1 aliphatic rings. The number of hydrogen-bond acceptors (Lipinski definition) is 2. The summed E-state index contributed by atoms with van der Waals surface area (Å²) < 4.78 is 13.1. The molecule has 2 rings (SSSR count). The van der Waals surface area contributed by atoms with Gasteiger partial charge in [-0.25, -0.2) is 9.18 Å². The number of nitrogens with one attached hydrogen (secondary N) is 1. The molecular weight excluding hydrogens is 309 g/mol. The van der Waals surface area contributed by atoms with E-state index >= 15 is 0 Å². The van der Waals surface area contributed by atoms with Gasteiger partial charge in [0.15, 0.2) is 0 Å². The Kier molecular flexibility index (Phi) is 6.17. The van der Waals surface area contributed by atoms with Crippen LogP contribution in [-0.4, -0.2) is 47.9 Å². The lowest BCUT2D eigenvalue weighted by Crippen LogP contribution is -2.47. The van der Waals surface area contributed by atoms with E-state index in [-0.39, 0.29) is 23.7 Å². The van der Waals surface area contributed by atoms with E-state index in [0.717, 1.165) is 0 Å². The first-order valence-corrected chi connectivity index (χ1v) is 8.57. The van der Waals surface area contributed by atoms with Gasteiger partial charge in [0.05, 0.1) is 0 Å². The van der Waals surface area contributed by atoms with Crippen molar-refractivity contribution < 1.29 is 14.0 Å². The molecule has 1 aliphatic heterocycles. The molecular formula is C18H26FN3O2. The quantitative estimate of drug-likeness (QED) is 0.918. The van der Waals surface area contributed by atoms with Crippen molar-refractivity contribution in [1.29, 1.82) is 0 Å². The SMILES string of the molecule is CCN(CC)C(=O)N1CCC(C(=O)Nc2ccc(F)cc2C)CC1. The average Bonchev–Trinajstić information content (AvgIpc) is 2.58. The van der Waals surface area contributed by atoms with Crippen molar-refractivity contribution in [3.8, 4) is 0 Å². The Morgan fingerprint density at radius 3 is 2.42 bits per heavy atom. The molecule has 0 atom stereocenters. The van der Waals surface area contributed by atoms with Gasteiger partial charge >= 0.3 is 6.03 Å². The van der Waals surface area contributed by atoms with Crippen molar-refractivity contribution in [2.24, 2.45) is 5.92 Å². The Morgan fingerprint density at radius 1 is 1.25 bits per heavy atom. The third kappa shape index (κ3) is 4.24. The van der Waals surface area contributed by atoms with Crippen molar-refractivity contribution in [2.75, 3.05) is 31.5 Å². The molecule has 24 heavy (non-hydrogen) atoms. The number of carbonyl (C=O) groups excluding carboxylic acids is 2. The lowest BCUT2D eigenvalue weighted by molar-refractivity contribution is -0.121. The van der Waals surface area contributed by atoms with E-state index in [4.69, 9.17) is 0 Å². The minimum Gasteiger partial charge on any atom is -0.326 e. The fraction of sp³-hybridized carbons (Fsp3) is 0.556. The lowest BCUT2D eigenvalue weighted by atomic mass is 9.96. The van der Waals surface area contributed by atoms with Crippen LogP contribution in [0.25, 0.3) is 0 Å². The number of benzene rings is 1. The fourth-order valence-corrected chi connectivity index (χ4v) is 3.03. The van der Waals surface area contributed by atoms with Crippen molar-refractivity contribution in [1.82, 2.24) is 9.80 Å². The lowest BCUT2D eigenvalue weighted by Gasteiger charge is -2.34. The van der Waals surface area contributed by atoms with E-state index in [9.17, 15) is 14.0 Å². The smallest absolute Gasteiger partial charge is 0.319 e. The van der Waals surface area contributed by atoms with E-state index in [2.05, 4.69) is 5.32 Å². The van der Waals surface area contributed by atoms with Crippen LogP contribution in [0.15, 0.2) is 18.2 Å². The monoisotopic (exact) mass is 335 g/mol. The minimum atomic E-state index is -0.311. The van der Waals surface area contributed by atoms with Crippen molar-refractivity contribution >= 4 is 17.6 Å². The van der Waals surface area contributed by atoms with E-state index in [1.54, 1.807) is 17.9 Å². The summed E-state index contributed by atoms with van der Waals surface area (Å²) >= 11 is 0. The summed E-state index contributed by atoms with van der Waals surface area (Å²) in [5.41, 5.74) is 1.35. The highest BCUT2D eigenvalue weighted by Gasteiger charge is 2.29. The normalized spacial score (nSPS) is 15.2. The Morgan fingerprint density at radius 2 is 1.88 bits per heavy atom. The second-order valence-corrected chi connectivity index (χ2v) is 6.16. The van der Waals surface area contributed by atoms with Crippen LogP contribution in [0, 0.1) is 18.7 Å². The standard InChI is InChI=1S/C18H26FN3O2/c1-4-21(5-2)18(24)22-10-8-14(9-11-22)17(23)20-16-7-6-15(19)12-13(16)3/h6-7,12,14H,4-5,8-11H2,1-3H3,(H,20,23). The second-order valence-electron chi connectivity index (χ2n) is 6.16. The highest BCUT2D eigenvalue weighted by Crippen LogP contribution is 2.22. The van der Waals surface area contributed by atoms with Gasteiger partial charge in [0.1, 0.15) is 5.82 Å². The highest BCUT2D eigenvalue weighted by atomic mass is 19.1. The van der Waals surface area contributed by atoms with Gasteiger partial charge in [-0.1, -0.05) is 0 Å². The van der Waals surface area contributed by atoms with Crippen LogP contribution >= 0.6 is 0 Å². The molecule has 0 bridgehead atoms. The first-order valence-electron chi connectivity index (χ1n) is 8.57. The molecule has 3 amide bonds. The molecule has 0 aromatic heterocycles. The third-order valence-electron chi connectivity index (χ3n) is 4.62. The number of amides is 3. The summed E-state index contributed by atoms with van der Waals surface area (Å²) in [5.74, 6) is -0.483. The first kappa shape index (κ1) is 18.2. The predicted molar refractivity (Wildman–Crippen MR) is 92.4 cm³/mol. The van der Waals surface area contributed by atoms with Gasteiger partial charge in [-0.15, -0.1) is 0 Å². The van der Waals surface area contributed by atoms with Crippen LogP contribution in [0.2, 0.25) is 0 Å². The van der Waals surface area contributed by atoms with E-state index in [1.165, 1.54) is 12.1 Å². The number of nitrogens with zero attached hydrogens (tertiary/aromatic N) is 2. The van der Waals surface area contributed by atoms with Crippen LogP contribution in [0.1, 0.15) is 32.3 Å². The fourth-order valence-electron chi connectivity index (χ4n) is 3.03. The number of anilines is 1. The molecule has 1 fully saturated rings. The van der Waals surface area contributed by atoms with Crippen LogP contribution in [0.4, 0.5) is 14.9 Å². The molecule has 132 valence electrons. The average molecular weight is 335 g/mol. The van der Waals surface area contributed by atoms with E-state index < -0.39 is 0 Å². The topological polar surface area (TPSA) is 52.7 Å². The van der Waals surface area contributed by atoms with Crippen molar-refractivity contribution in [3.05, 3.63) is 29.6 Å². The number of likely N-dealkylation sites (tertiary alicyclic amines) is 1. The molecule has 6 heteroatoms. The summed E-state index contributed by atoms with van der Waals surface area (Å²) in [6, 6.07) is 4.38. The Bertz CT molecular complexity index is 594. The second kappa shape index (κ2) is 8.13. The molecule has 1 saturated heterocycles. The summed E-state index contributed by atoms with van der Waals surface area (Å²) in [6.07, 6.45) is 1.30. The van der Waals surface area contributed by atoms with Gasteiger partial charge < -0.3 is 15.1 Å². The summed E-state index contributed by atoms with van der Waals surface area (Å²) in [5, 5.41) is 2.88. The number of rotatable bonds is 4. The minimum absolute atomic E-state index is 0.0493. The third-order valence-corrected chi connectivity index (χ3v) is 4.62. The van der Waals surface area contributed by atoms with Gasteiger partial charge in [-0.3, -0.25) is 4.79 Å². The number of carbonyl (C=O) groups is 2. The van der Waals surface area contributed by atoms with Gasteiger partial charge in [0.2, 0.25) is 5.91 Å². The zero-order valence-corrected chi connectivity index (χ0v) is 14.6. The molecule has 1 heterocycles. The number of urea groups is 1. The molecule has 1 aromatic carbocycles. The van der Waals surface area contributed by atoms with Crippen LogP contribution in [0.5, 0.6) is 0 Å². The largest absolute Gasteiger partial charge is 0.326 e. The molecule has 0 unspecified atom stereocenters. The Balaban J connectivity index is 1.89. The number of halogens is 1. The molecule has 0 spiro atoms. The molecule has 1 aromatic rings. The summed E-state index contributed by atoms with van der Waals surface area (Å²) in [6.45, 7) is 8.27. The van der Waals surface area contributed by atoms with Gasteiger partial charge in [-0.05, 0) is 57.4 Å². The zero-order chi connectivity index (χ0) is 17.7. The predicted octanol–water partition coefficient (Wildman–Crippen LogP) is 3.25. The summed E-state index contributed by atoms with van der Waals surface area (Å²) in [4.78, 5) is 28.3. The maximum absolute atomic E-state index is 13.1. The Hall–Kier alpha value is -2.11. The number of aryl methyl sites for hydroxylation is 1. The van der Waals surface area contributed by atoms with Crippen molar-refractivity contribution in [2.45, 2.75) is 33.6 Å². The maximum Gasteiger partial charge on any atom is 0.319 e. The molecule has 0 aliphatic carbocycles. The molecule has 0 saturated carbocycles. The van der Waals surface area contributed by atoms with E-state index in [0.29, 0.717) is 50.3 Å². The molecule has 1 N–H and O–H groups in total. The molecule has 5 nitrogen and oxygen atoms in total.